The minimum atomic E-state index is -0.135. The van der Waals surface area contributed by atoms with Gasteiger partial charge in [-0.05, 0) is 19.8 Å². The van der Waals surface area contributed by atoms with E-state index in [-0.39, 0.29) is 18.1 Å². The van der Waals surface area contributed by atoms with Crippen LogP contribution in [0.5, 0.6) is 0 Å². The largest absolute Gasteiger partial charge is 0.394 e. The van der Waals surface area contributed by atoms with E-state index in [2.05, 4.69) is 5.32 Å². The predicted octanol–water partition coefficient (Wildman–Crippen LogP) is -0.421. The number of aliphatic hydroxyl groups excluding tert-OH is 1. The van der Waals surface area contributed by atoms with Gasteiger partial charge in [-0.1, -0.05) is 0 Å². The highest BCUT2D eigenvalue weighted by atomic mass is 16.3. The third-order valence-electron chi connectivity index (χ3n) is 2.67. The third-order valence-corrected chi connectivity index (χ3v) is 2.67. The summed E-state index contributed by atoms with van der Waals surface area (Å²) < 4.78 is 0. The van der Waals surface area contributed by atoms with Crippen molar-refractivity contribution in [1.82, 2.24) is 10.2 Å². The second-order valence-corrected chi connectivity index (χ2v) is 3.70. The lowest BCUT2D eigenvalue weighted by atomic mass is 10.3. The number of nitrogens with zero attached hydrogens (tertiary/aromatic N) is 1. The number of rotatable bonds is 5. The lowest BCUT2D eigenvalue weighted by Crippen LogP contribution is -2.42. The zero-order chi connectivity index (χ0) is 9.90. The van der Waals surface area contributed by atoms with Crippen LogP contribution in [-0.2, 0) is 4.79 Å². The van der Waals surface area contributed by atoms with Gasteiger partial charge in [-0.15, -0.1) is 0 Å². The summed E-state index contributed by atoms with van der Waals surface area (Å²) in [7, 11) is 1.78. The molecule has 1 aliphatic rings. The van der Waals surface area contributed by atoms with E-state index in [0.29, 0.717) is 6.54 Å². The first-order valence-corrected chi connectivity index (χ1v) is 4.73. The van der Waals surface area contributed by atoms with Gasteiger partial charge in [0, 0.05) is 19.1 Å². The molecule has 0 aliphatic heterocycles. The first kappa shape index (κ1) is 10.5. The van der Waals surface area contributed by atoms with Gasteiger partial charge in [0.15, 0.2) is 0 Å². The van der Waals surface area contributed by atoms with Crippen molar-refractivity contribution < 1.29 is 9.90 Å². The fourth-order valence-corrected chi connectivity index (χ4v) is 1.12. The first-order valence-electron chi connectivity index (χ1n) is 4.73. The summed E-state index contributed by atoms with van der Waals surface area (Å²) in [5, 5.41) is 12.1. The highest BCUT2D eigenvalue weighted by Crippen LogP contribution is 2.34. The lowest BCUT2D eigenvalue weighted by molar-refractivity contribution is -0.129. The molecule has 0 unspecified atom stereocenters. The van der Waals surface area contributed by atoms with Crippen LogP contribution in [0.15, 0.2) is 0 Å². The quantitative estimate of drug-likeness (QED) is 0.613. The van der Waals surface area contributed by atoms with Gasteiger partial charge in [0.25, 0.3) is 0 Å². The molecule has 13 heavy (non-hydrogen) atoms. The molecule has 4 nitrogen and oxygen atoms in total. The molecular weight excluding hydrogens is 168 g/mol. The Kier molecular flexibility index (Phi) is 3.27. The van der Waals surface area contributed by atoms with Crippen molar-refractivity contribution in [2.75, 3.05) is 26.7 Å². The van der Waals surface area contributed by atoms with Crippen molar-refractivity contribution in [2.45, 2.75) is 25.3 Å². The third kappa shape index (κ3) is 2.67. The topological polar surface area (TPSA) is 52.6 Å². The molecule has 1 fully saturated rings. The maximum Gasteiger partial charge on any atom is 0.236 e. The molecule has 76 valence electrons. The van der Waals surface area contributed by atoms with E-state index in [1.807, 2.05) is 6.92 Å². The summed E-state index contributed by atoms with van der Waals surface area (Å²) in [5.41, 5.74) is -0.135. The average molecular weight is 186 g/mol. The second kappa shape index (κ2) is 4.07. The van der Waals surface area contributed by atoms with Gasteiger partial charge in [0.1, 0.15) is 0 Å². The zero-order valence-electron chi connectivity index (χ0n) is 8.34. The number of likely N-dealkylation sites (N-methyl/N-ethyl adjacent to an activating group) is 1. The van der Waals surface area contributed by atoms with Gasteiger partial charge in [0.2, 0.25) is 5.91 Å². The SMILES string of the molecule is CCN(C)C(=O)CNC1(CO)CC1. The van der Waals surface area contributed by atoms with E-state index in [1.165, 1.54) is 0 Å². The summed E-state index contributed by atoms with van der Waals surface area (Å²) in [4.78, 5) is 13.0. The van der Waals surface area contributed by atoms with E-state index in [1.54, 1.807) is 11.9 Å². The van der Waals surface area contributed by atoms with Crippen LogP contribution in [0.25, 0.3) is 0 Å². The van der Waals surface area contributed by atoms with Crippen LogP contribution >= 0.6 is 0 Å². The Hall–Kier alpha value is -0.610. The molecular formula is C9H18N2O2. The van der Waals surface area contributed by atoms with Crippen molar-refractivity contribution in [2.24, 2.45) is 0 Å². The van der Waals surface area contributed by atoms with Gasteiger partial charge in [0.05, 0.1) is 13.2 Å². The molecule has 2 N–H and O–H groups in total. The molecule has 0 aromatic heterocycles. The summed E-state index contributed by atoms with van der Waals surface area (Å²) in [5.74, 6) is 0.0854. The number of aliphatic hydroxyl groups is 1. The average Bonchev–Trinajstić information content (AvgIpc) is 2.93. The van der Waals surface area contributed by atoms with Crippen LogP contribution < -0.4 is 5.32 Å². The van der Waals surface area contributed by atoms with Crippen molar-refractivity contribution in [3.8, 4) is 0 Å². The predicted molar refractivity (Wildman–Crippen MR) is 50.4 cm³/mol. The van der Waals surface area contributed by atoms with E-state index in [0.717, 1.165) is 19.4 Å². The molecule has 0 spiro atoms. The van der Waals surface area contributed by atoms with Crippen molar-refractivity contribution in [1.29, 1.82) is 0 Å². The second-order valence-electron chi connectivity index (χ2n) is 3.70. The van der Waals surface area contributed by atoms with Crippen LogP contribution in [0, 0.1) is 0 Å². The normalized spacial score (nSPS) is 18.4. The standard InChI is InChI=1S/C9H18N2O2/c1-3-11(2)8(13)6-10-9(7-12)4-5-9/h10,12H,3-7H2,1-2H3. The lowest BCUT2D eigenvalue weighted by Gasteiger charge is -2.18. The van der Waals surface area contributed by atoms with Crippen molar-refractivity contribution in [3.05, 3.63) is 0 Å². The molecule has 0 bridgehead atoms. The fraction of sp³-hybridized carbons (Fsp3) is 0.889. The van der Waals surface area contributed by atoms with Gasteiger partial charge >= 0.3 is 0 Å². The molecule has 1 amide bonds. The van der Waals surface area contributed by atoms with Crippen LogP contribution in [0.1, 0.15) is 19.8 Å². The zero-order valence-corrected chi connectivity index (χ0v) is 8.34. The van der Waals surface area contributed by atoms with Crippen LogP contribution in [0.2, 0.25) is 0 Å². The molecule has 0 radical (unpaired) electrons. The minimum Gasteiger partial charge on any atom is -0.394 e. The molecule has 0 heterocycles. The number of hydrogen-bond acceptors (Lipinski definition) is 3. The summed E-state index contributed by atoms with van der Waals surface area (Å²) in [6, 6.07) is 0. The number of hydrogen-bond donors (Lipinski definition) is 2. The smallest absolute Gasteiger partial charge is 0.236 e. The maximum atomic E-state index is 11.3. The number of carbonyl (C=O) groups is 1. The Morgan fingerprint density at radius 3 is 2.62 bits per heavy atom. The Bertz CT molecular complexity index is 190. The highest BCUT2D eigenvalue weighted by molar-refractivity contribution is 5.78. The van der Waals surface area contributed by atoms with E-state index >= 15 is 0 Å². The highest BCUT2D eigenvalue weighted by Gasteiger charge is 2.41. The number of amides is 1. The minimum absolute atomic E-state index is 0.0854. The summed E-state index contributed by atoms with van der Waals surface area (Å²) in [6.45, 7) is 3.14. The first-order chi connectivity index (χ1) is 6.13. The molecule has 1 aliphatic carbocycles. The van der Waals surface area contributed by atoms with Crippen molar-refractivity contribution >= 4 is 5.91 Å². The van der Waals surface area contributed by atoms with Crippen LogP contribution in [0.4, 0.5) is 0 Å². The molecule has 1 saturated carbocycles. The maximum absolute atomic E-state index is 11.3. The Labute approximate surface area is 78.9 Å². The molecule has 0 aromatic rings. The summed E-state index contributed by atoms with van der Waals surface area (Å²) in [6.07, 6.45) is 1.96. The monoisotopic (exact) mass is 186 g/mol. The Morgan fingerprint density at radius 1 is 1.62 bits per heavy atom. The molecule has 0 saturated heterocycles. The molecule has 0 atom stereocenters. The van der Waals surface area contributed by atoms with Crippen LogP contribution in [-0.4, -0.2) is 48.2 Å². The van der Waals surface area contributed by atoms with Gasteiger partial charge in [-0.25, -0.2) is 0 Å². The van der Waals surface area contributed by atoms with Gasteiger partial charge in [-0.2, -0.15) is 0 Å². The van der Waals surface area contributed by atoms with E-state index in [4.69, 9.17) is 5.11 Å². The Morgan fingerprint density at radius 2 is 2.23 bits per heavy atom. The van der Waals surface area contributed by atoms with Crippen molar-refractivity contribution in [3.63, 3.8) is 0 Å². The molecule has 1 rings (SSSR count). The van der Waals surface area contributed by atoms with E-state index < -0.39 is 0 Å². The molecule has 0 aromatic carbocycles. The van der Waals surface area contributed by atoms with Gasteiger partial charge < -0.3 is 15.3 Å². The fourth-order valence-electron chi connectivity index (χ4n) is 1.12. The Balaban J connectivity index is 2.22. The molecule has 4 heteroatoms. The summed E-state index contributed by atoms with van der Waals surface area (Å²) >= 11 is 0. The van der Waals surface area contributed by atoms with E-state index in [9.17, 15) is 4.79 Å². The number of nitrogens with one attached hydrogen (secondary N) is 1. The van der Waals surface area contributed by atoms with Crippen LogP contribution in [0.3, 0.4) is 0 Å². The number of carbonyl (C=O) groups excluding carboxylic acids is 1. The van der Waals surface area contributed by atoms with Gasteiger partial charge in [-0.3, -0.25) is 4.79 Å².